The number of nitrogens with zero attached hydrogens (tertiary/aromatic N) is 1. The molecule has 1 atom stereocenters. The Kier molecular flexibility index (Phi) is 4.77. The zero-order valence-electron chi connectivity index (χ0n) is 7.28. The van der Waals surface area contributed by atoms with Crippen molar-refractivity contribution in [2.75, 3.05) is 18.6 Å². The average Bonchev–Trinajstić information content (AvgIpc) is 1.78. The Morgan fingerprint density at radius 2 is 1.71 bits per heavy atom. The van der Waals surface area contributed by atoms with Crippen LogP contribution < -0.4 is 11.5 Å². The maximum atomic E-state index is 11.1. The van der Waals surface area contributed by atoms with E-state index in [-0.39, 0.29) is 18.7 Å². The summed E-state index contributed by atoms with van der Waals surface area (Å²) in [6, 6.07) is 0. The maximum Gasteiger partial charge on any atom is 0.335 e. The standard InChI is InChI=1S/C4H13N3O5P2/c5-4(6)7-1-2-13(8,9)3-14(10,11)12/h1-3H2,(H,8,9)(H4,5,6,7)(H2,10,11,12). The van der Waals surface area contributed by atoms with Crippen molar-refractivity contribution in [3.05, 3.63) is 0 Å². The normalized spacial score (nSPS) is 15.9. The first-order valence-corrected chi connectivity index (χ1v) is 7.36. The van der Waals surface area contributed by atoms with Gasteiger partial charge in [0.25, 0.3) is 0 Å². The van der Waals surface area contributed by atoms with E-state index in [2.05, 4.69) is 4.99 Å². The summed E-state index contributed by atoms with van der Waals surface area (Å²) in [5.41, 5.74) is 9.90. The summed E-state index contributed by atoms with van der Waals surface area (Å²) >= 11 is 0. The minimum absolute atomic E-state index is 0.129. The highest BCUT2D eigenvalue weighted by Crippen LogP contribution is 2.54. The molecule has 84 valence electrons. The van der Waals surface area contributed by atoms with E-state index in [0.29, 0.717) is 0 Å². The largest absolute Gasteiger partial charge is 0.370 e. The van der Waals surface area contributed by atoms with E-state index in [1.165, 1.54) is 0 Å². The SMILES string of the molecule is NC(N)=NCCP(=O)(O)CP(=O)(O)O. The topological polar surface area (TPSA) is 159 Å². The van der Waals surface area contributed by atoms with Crippen LogP contribution in [0.2, 0.25) is 0 Å². The molecule has 0 aliphatic rings. The lowest BCUT2D eigenvalue weighted by Gasteiger charge is -2.10. The molecule has 14 heavy (non-hydrogen) atoms. The maximum absolute atomic E-state index is 11.1. The van der Waals surface area contributed by atoms with Crippen molar-refractivity contribution in [1.82, 2.24) is 0 Å². The van der Waals surface area contributed by atoms with E-state index >= 15 is 0 Å². The van der Waals surface area contributed by atoms with Crippen LogP contribution in [0.4, 0.5) is 0 Å². The molecule has 8 nitrogen and oxygen atoms in total. The summed E-state index contributed by atoms with van der Waals surface area (Å²) in [5.74, 6) is -1.28. The van der Waals surface area contributed by atoms with E-state index < -0.39 is 20.9 Å². The third-order valence-electron chi connectivity index (χ3n) is 1.15. The van der Waals surface area contributed by atoms with E-state index in [1.54, 1.807) is 0 Å². The first kappa shape index (κ1) is 13.6. The monoisotopic (exact) mass is 245 g/mol. The Bertz CT molecular complexity index is 306. The molecule has 0 rings (SSSR count). The fourth-order valence-corrected chi connectivity index (χ4v) is 3.98. The van der Waals surface area contributed by atoms with Gasteiger partial charge in [-0.15, -0.1) is 0 Å². The summed E-state index contributed by atoms with van der Waals surface area (Å²) in [6.45, 7) is -0.129. The van der Waals surface area contributed by atoms with Gasteiger partial charge in [-0.05, 0) is 0 Å². The molecule has 0 bridgehead atoms. The van der Waals surface area contributed by atoms with Gasteiger partial charge in [-0.3, -0.25) is 14.1 Å². The van der Waals surface area contributed by atoms with Crippen molar-refractivity contribution in [1.29, 1.82) is 0 Å². The zero-order valence-corrected chi connectivity index (χ0v) is 9.06. The Morgan fingerprint density at radius 3 is 2.07 bits per heavy atom. The molecule has 0 spiro atoms. The fourth-order valence-electron chi connectivity index (χ4n) is 0.694. The average molecular weight is 245 g/mol. The second kappa shape index (κ2) is 4.91. The van der Waals surface area contributed by atoms with Gasteiger partial charge in [0.1, 0.15) is 5.90 Å². The lowest BCUT2D eigenvalue weighted by molar-refractivity contribution is 0.376. The van der Waals surface area contributed by atoms with Crippen molar-refractivity contribution < 1.29 is 23.8 Å². The molecule has 0 aliphatic carbocycles. The smallest absolute Gasteiger partial charge is 0.335 e. The minimum Gasteiger partial charge on any atom is -0.370 e. The van der Waals surface area contributed by atoms with Gasteiger partial charge < -0.3 is 26.1 Å². The second-order valence-electron chi connectivity index (χ2n) is 2.68. The third kappa shape index (κ3) is 8.22. The molecule has 0 amide bonds. The molecule has 0 aliphatic heterocycles. The summed E-state index contributed by atoms with van der Waals surface area (Å²) < 4.78 is 21.5. The molecule has 0 aromatic carbocycles. The molecule has 0 aromatic rings. The van der Waals surface area contributed by atoms with E-state index in [0.717, 1.165) is 0 Å². The first-order chi connectivity index (χ1) is 6.12. The quantitative estimate of drug-likeness (QED) is 0.228. The van der Waals surface area contributed by atoms with Crippen LogP contribution in [-0.4, -0.2) is 39.2 Å². The van der Waals surface area contributed by atoms with Crippen LogP contribution >= 0.6 is 15.0 Å². The lowest BCUT2D eigenvalue weighted by atomic mass is 10.8. The molecule has 0 aromatic heterocycles. The zero-order chi connectivity index (χ0) is 11.4. The van der Waals surface area contributed by atoms with Crippen molar-refractivity contribution in [3.8, 4) is 0 Å². The van der Waals surface area contributed by atoms with Gasteiger partial charge in [-0.2, -0.15) is 0 Å². The molecule has 0 radical (unpaired) electrons. The molecule has 10 heteroatoms. The summed E-state index contributed by atoms with van der Waals surface area (Å²) in [4.78, 5) is 29.4. The number of aliphatic imine (C=N–C) groups is 1. The Morgan fingerprint density at radius 1 is 1.21 bits per heavy atom. The van der Waals surface area contributed by atoms with Gasteiger partial charge in [0, 0.05) is 6.16 Å². The van der Waals surface area contributed by atoms with Gasteiger partial charge in [-0.25, -0.2) is 0 Å². The van der Waals surface area contributed by atoms with Crippen molar-refractivity contribution in [3.63, 3.8) is 0 Å². The molecule has 1 unspecified atom stereocenters. The number of hydrogen-bond acceptors (Lipinski definition) is 3. The van der Waals surface area contributed by atoms with Crippen LogP contribution in [0.25, 0.3) is 0 Å². The fraction of sp³-hybridized carbons (Fsp3) is 0.750. The summed E-state index contributed by atoms with van der Waals surface area (Å²) in [5, 5.41) is 0. The number of rotatable bonds is 5. The van der Waals surface area contributed by atoms with Crippen molar-refractivity contribution in [2.24, 2.45) is 16.5 Å². The number of guanidine groups is 1. The van der Waals surface area contributed by atoms with Crippen LogP contribution in [0.5, 0.6) is 0 Å². The molecule has 0 heterocycles. The van der Waals surface area contributed by atoms with Crippen LogP contribution in [0.3, 0.4) is 0 Å². The Hall–Kier alpha value is -0.390. The lowest BCUT2D eigenvalue weighted by Crippen LogP contribution is -2.23. The van der Waals surface area contributed by atoms with Gasteiger partial charge >= 0.3 is 7.60 Å². The molecule has 0 saturated heterocycles. The van der Waals surface area contributed by atoms with E-state index in [9.17, 15) is 9.13 Å². The summed E-state index contributed by atoms with van der Waals surface area (Å²) in [7, 11) is -8.33. The van der Waals surface area contributed by atoms with Crippen LogP contribution in [0.15, 0.2) is 4.99 Å². The predicted molar refractivity (Wildman–Crippen MR) is 52.3 cm³/mol. The third-order valence-corrected chi connectivity index (χ3v) is 5.29. The first-order valence-electron chi connectivity index (χ1n) is 3.53. The molecule has 0 fully saturated rings. The van der Waals surface area contributed by atoms with Gasteiger partial charge in [0.15, 0.2) is 5.96 Å². The Balaban J connectivity index is 4.17. The van der Waals surface area contributed by atoms with Crippen LogP contribution in [0.1, 0.15) is 0 Å². The molecule has 0 saturated carbocycles. The second-order valence-corrected chi connectivity index (χ2v) is 7.28. The molecular formula is C4H13N3O5P2. The van der Waals surface area contributed by atoms with Crippen molar-refractivity contribution in [2.45, 2.75) is 0 Å². The van der Waals surface area contributed by atoms with Crippen LogP contribution in [0, 0.1) is 0 Å². The van der Waals surface area contributed by atoms with Crippen LogP contribution in [-0.2, 0) is 9.13 Å². The number of nitrogens with two attached hydrogens (primary N) is 2. The van der Waals surface area contributed by atoms with Gasteiger partial charge in [0.05, 0.1) is 6.54 Å². The van der Waals surface area contributed by atoms with Gasteiger partial charge in [0.2, 0.25) is 7.37 Å². The van der Waals surface area contributed by atoms with Crippen molar-refractivity contribution >= 4 is 20.9 Å². The highest BCUT2D eigenvalue weighted by Gasteiger charge is 2.28. The molecular weight excluding hydrogens is 232 g/mol. The highest BCUT2D eigenvalue weighted by atomic mass is 31.2. The summed E-state index contributed by atoms with van der Waals surface area (Å²) in [6.07, 6.45) is -0.351. The molecule has 7 N–H and O–H groups in total. The Labute approximate surface area is 80.6 Å². The van der Waals surface area contributed by atoms with E-state index in [4.69, 9.17) is 26.1 Å². The minimum atomic E-state index is -4.48. The highest BCUT2D eigenvalue weighted by molar-refractivity contribution is 7.72. The van der Waals surface area contributed by atoms with E-state index in [1.807, 2.05) is 0 Å². The van der Waals surface area contributed by atoms with Gasteiger partial charge in [-0.1, -0.05) is 0 Å². The number of hydrogen-bond donors (Lipinski definition) is 5. The predicted octanol–water partition coefficient (Wildman–Crippen LogP) is -1.33.